The van der Waals surface area contributed by atoms with Crippen LogP contribution >= 0.6 is 27.5 Å². The van der Waals surface area contributed by atoms with Crippen LogP contribution in [0.2, 0.25) is 5.02 Å². The van der Waals surface area contributed by atoms with Crippen molar-refractivity contribution in [3.63, 3.8) is 0 Å². The van der Waals surface area contributed by atoms with E-state index < -0.39 is 0 Å². The maximum Gasteiger partial charge on any atom is 0.224 e. The molecule has 5 nitrogen and oxygen atoms in total. The van der Waals surface area contributed by atoms with Crippen LogP contribution in [0.5, 0.6) is 0 Å². The Hall–Kier alpha value is -1.37. The molecule has 2 heterocycles. The van der Waals surface area contributed by atoms with Gasteiger partial charge in [0.05, 0.1) is 11.2 Å². The van der Waals surface area contributed by atoms with Gasteiger partial charge in [0.2, 0.25) is 5.91 Å². The lowest BCUT2D eigenvalue weighted by molar-refractivity contribution is -0.133. The molecule has 1 saturated heterocycles. The fraction of sp³-hybridized carbons (Fsp3) is 0.412. The van der Waals surface area contributed by atoms with Gasteiger partial charge in [0, 0.05) is 56.4 Å². The molecule has 2 aromatic rings. The minimum absolute atomic E-state index is 0.183. The Morgan fingerprint density at radius 1 is 1.21 bits per heavy atom. The third kappa shape index (κ3) is 4.59. The number of benzene rings is 1. The first-order valence-corrected chi connectivity index (χ1v) is 9.20. The first-order valence-electron chi connectivity index (χ1n) is 8.03. The van der Waals surface area contributed by atoms with E-state index in [0.717, 1.165) is 37.2 Å². The van der Waals surface area contributed by atoms with Crippen LogP contribution in [-0.2, 0) is 17.9 Å². The number of hydrogen-bond donors (Lipinski definition) is 0. The summed E-state index contributed by atoms with van der Waals surface area (Å²) in [5.74, 6) is 0.183. The highest BCUT2D eigenvalue weighted by Gasteiger charge is 2.21. The predicted octanol–water partition coefficient (Wildman–Crippen LogP) is 3.03. The number of carbonyl (C=O) groups excluding carboxylic acids is 1. The van der Waals surface area contributed by atoms with Crippen LogP contribution in [0.1, 0.15) is 12.0 Å². The quantitative estimate of drug-likeness (QED) is 0.759. The summed E-state index contributed by atoms with van der Waals surface area (Å²) in [5.41, 5.74) is 1.29. The number of hydrogen-bond acceptors (Lipinski definition) is 3. The van der Waals surface area contributed by atoms with Gasteiger partial charge in [0.25, 0.3) is 0 Å². The molecule has 0 N–H and O–H groups in total. The predicted molar refractivity (Wildman–Crippen MR) is 97.9 cm³/mol. The van der Waals surface area contributed by atoms with Crippen LogP contribution in [0.4, 0.5) is 0 Å². The smallest absolute Gasteiger partial charge is 0.224 e. The second kappa shape index (κ2) is 8.14. The molecule has 1 fully saturated rings. The summed E-state index contributed by atoms with van der Waals surface area (Å²) < 4.78 is 2.85. The van der Waals surface area contributed by atoms with Crippen molar-refractivity contribution < 1.29 is 4.79 Å². The van der Waals surface area contributed by atoms with Gasteiger partial charge in [0.15, 0.2) is 0 Å². The van der Waals surface area contributed by atoms with E-state index in [2.05, 4.69) is 44.1 Å². The lowest BCUT2D eigenvalue weighted by Crippen LogP contribution is -2.48. The Morgan fingerprint density at radius 2 is 1.96 bits per heavy atom. The van der Waals surface area contributed by atoms with Gasteiger partial charge in [-0.05, 0) is 11.6 Å². The molecule has 1 aromatic carbocycles. The summed E-state index contributed by atoms with van der Waals surface area (Å²) in [6, 6.07) is 8.28. The third-order valence-electron chi connectivity index (χ3n) is 4.23. The Labute approximate surface area is 155 Å². The van der Waals surface area contributed by atoms with E-state index >= 15 is 0 Å². The van der Waals surface area contributed by atoms with E-state index in [1.807, 2.05) is 11.0 Å². The number of nitrogens with zero attached hydrogens (tertiary/aromatic N) is 4. The zero-order chi connectivity index (χ0) is 16.9. The number of rotatable bonds is 5. The first-order chi connectivity index (χ1) is 11.6. The van der Waals surface area contributed by atoms with Crippen LogP contribution < -0.4 is 0 Å². The topological polar surface area (TPSA) is 41.4 Å². The van der Waals surface area contributed by atoms with E-state index in [4.69, 9.17) is 11.6 Å². The Balaban J connectivity index is 1.44. The summed E-state index contributed by atoms with van der Waals surface area (Å²) in [7, 11) is 0. The normalized spacial score (nSPS) is 15.7. The van der Waals surface area contributed by atoms with E-state index in [0.29, 0.717) is 18.0 Å². The molecule has 0 saturated carbocycles. The van der Waals surface area contributed by atoms with Crippen LogP contribution in [0.15, 0.2) is 41.1 Å². The third-order valence-corrected chi connectivity index (χ3v) is 5.20. The molecule has 3 rings (SSSR count). The molecule has 128 valence electrons. The van der Waals surface area contributed by atoms with E-state index in [1.54, 1.807) is 17.1 Å². The van der Waals surface area contributed by atoms with Gasteiger partial charge >= 0.3 is 0 Å². The standard InChI is InChI=1S/C17H20BrClN4O/c18-16-4-2-1-3-14(16)12-21-7-9-22(10-8-21)17(24)5-6-23-13-15(19)11-20-23/h1-4,11,13H,5-10,12H2. The van der Waals surface area contributed by atoms with Gasteiger partial charge < -0.3 is 4.90 Å². The summed E-state index contributed by atoms with van der Waals surface area (Å²) in [6.45, 7) is 4.85. The molecule has 0 atom stereocenters. The fourth-order valence-corrected chi connectivity index (χ4v) is 3.42. The number of amides is 1. The fourth-order valence-electron chi connectivity index (χ4n) is 2.85. The van der Waals surface area contributed by atoms with E-state index in [9.17, 15) is 4.79 Å². The lowest BCUT2D eigenvalue weighted by Gasteiger charge is -2.35. The first kappa shape index (κ1) is 17.5. The largest absolute Gasteiger partial charge is 0.340 e. The zero-order valence-electron chi connectivity index (χ0n) is 13.4. The maximum absolute atomic E-state index is 12.3. The molecule has 7 heteroatoms. The number of piperazine rings is 1. The number of aryl methyl sites for hydroxylation is 1. The molecule has 1 aromatic heterocycles. The van der Waals surface area contributed by atoms with Crippen LogP contribution in [0.25, 0.3) is 0 Å². The zero-order valence-corrected chi connectivity index (χ0v) is 15.7. The lowest BCUT2D eigenvalue weighted by atomic mass is 10.2. The van der Waals surface area contributed by atoms with Crippen molar-refractivity contribution in [2.75, 3.05) is 26.2 Å². The van der Waals surface area contributed by atoms with Crippen molar-refractivity contribution >= 4 is 33.4 Å². The molecule has 0 aliphatic carbocycles. The van der Waals surface area contributed by atoms with E-state index in [1.165, 1.54) is 5.56 Å². The average molecular weight is 412 g/mol. The molecule has 0 radical (unpaired) electrons. The SMILES string of the molecule is O=C(CCn1cc(Cl)cn1)N1CCN(Cc2ccccc2Br)CC1. The van der Waals surface area contributed by atoms with Crippen LogP contribution in [-0.4, -0.2) is 51.7 Å². The average Bonchev–Trinajstić information content (AvgIpc) is 3.01. The molecule has 1 aliphatic rings. The van der Waals surface area contributed by atoms with E-state index in [-0.39, 0.29) is 5.91 Å². The van der Waals surface area contributed by atoms with Crippen LogP contribution in [0, 0.1) is 0 Å². The van der Waals surface area contributed by atoms with Crippen molar-refractivity contribution in [3.05, 3.63) is 51.7 Å². The van der Waals surface area contributed by atoms with Crippen molar-refractivity contribution in [2.45, 2.75) is 19.5 Å². The molecule has 0 unspecified atom stereocenters. The number of halogens is 2. The van der Waals surface area contributed by atoms with Crippen molar-refractivity contribution in [3.8, 4) is 0 Å². The van der Waals surface area contributed by atoms with Crippen LogP contribution in [0.3, 0.4) is 0 Å². The molecule has 1 amide bonds. The van der Waals surface area contributed by atoms with Gasteiger partial charge in [-0.25, -0.2) is 0 Å². The van der Waals surface area contributed by atoms with Gasteiger partial charge in [-0.3, -0.25) is 14.4 Å². The molecule has 0 spiro atoms. The molecule has 0 bridgehead atoms. The van der Waals surface area contributed by atoms with Crippen molar-refractivity contribution in [1.82, 2.24) is 19.6 Å². The van der Waals surface area contributed by atoms with Gasteiger partial charge in [0.1, 0.15) is 0 Å². The number of carbonyl (C=O) groups is 1. The summed E-state index contributed by atoms with van der Waals surface area (Å²) in [6.07, 6.45) is 3.79. The highest BCUT2D eigenvalue weighted by Crippen LogP contribution is 2.18. The monoisotopic (exact) mass is 410 g/mol. The molecule has 24 heavy (non-hydrogen) atoms. The molecule has 1 aliphatic heterocycles. The van der Waals surface area contributed by atoms with Gasteiger partial charge in [-0.15, -0.1) is 0 Å². The summed E-state index contributed by atoms with van der Waals surface area (Å²) in [5, 5.41) is 4.70. The highest BCUT2D eigenvalue weighted by atomic mass is 79.9. The second-order valence-corrected chi connectivity index (χ2v) is 7.21. The highest BCUT2D eigenvalue weighted by molar-refractivity contribution is 9.10. The Kier molecular flexibility index (Phi) is 5.92. The Bertz CT molecular complexity index is 697. The van der Waals surface area contributed by atoms with Crippen molar-refractivity contribution in [2.24, 2.45) is 0 Å². The molecular weight excluding hydrogens is 392 g/mol. The summed E-state index contributed by atoms with van der Waals surface area (Å²) >= 11 is 9.42. The summed E-state index contributed by atoms with van der Waals surface area (Å²) in [4.78, 5) is 16.7. The van der Waals surface area contributed by atoms with Gasteiger partial charge in [-0.2, -0.15) is 5.10 Å². The minimum Gasteiger partial charge on any atom is -0.340 e. The Morgan fingerprint density at radius 3 is 2.62 bits per heavy atom. The second-order valence-electron chi connectivity index (χ2n) is 5.92. The number of aromatic nitrogens is 2. The van der Waals surface area contributed by atoms with Gasteiger partial charge in [-0.1, -0.05) is 45.7 Å². The van der Waals surface area contributed by atoms with Crippen molar-refractivity contribution in [1.29, 1.82) is 0 Å². The molecular formula is C17H20BrClN4O. The maximum atomic E-state index is 12.3. The minimum atomic E-state index is 0.183.